The minimum absolute atomic E-state index is 1.15. The van der Waals surface area contributed by atoms with Crippen LogP contribution in [0, 0.1) is 0 Å². The Hall–Kier alpha value is 0.947. The van der Waals surface area contributed by atoms with Gasteiger partial charge in [0.15, 0.2) is 0 Å². The number of hydrogen-bond donors (Lipinski definition) is 0. The predicted molar refractivity (Wildman–Crippen MR) is 35.3 cm³/mol. The zero-order valence-corrected chi connectivity index (χ0v) is 6.45. The fourth-order valence-corrected chi connectivity index (χ4v) is 1.90. The van der Waals surface area contributed by atoms with Crippen LogP contribution in [-0.2, 0) is 0 Å². The van der Waals surface area contributed by atoms with Crippen LogP contribution in [-0.4, -0.2) is 13.9 Å². The Balaban J connectivity index is 2.19. The zero-order chi connectivity index (χ0) is 4.12. The first-order valence-electron chi connectivity index (χ1n) is 1.62. The Morgan fingerprint density at radius 2 is 2.40 bits per heavy atom. The summed E-state index contributed by atoms with van der Waals surface area (Å²) < 4.78 is 1.33. The van der Waals surface area contributed by atoms with E-state index < -0.39 is 0 Å². The van der Waals surface area contributed by atoms with E-state index in [1.165, 1.54) is 10.5 Å². The second kappa shape index (κ2) is 4.95. The molecule has 0 bridgehead atoms. The van der Waals surface area contributed by atoms with Gasteiger partial charge in [0.1, 0.15) is 0 Å². The molecule has 0 rings (SSSR count). The molecule has 2 heteroatoms. The molecule has 0 aliphatic carbocycles. The molecule has 0 unspecified atom stereocenters. The van der Waals surface area contributed by atoms with E-state index in [-0.39, 0.29) is 0 Å². The Bertz CT molecular complexity index is 14.4. The molecule has 0 N–H and O–H groups in total. The van der Waals surface area contributed by atoms with Crippen molar-refractivity contribution in [3.05, 3.63) is 0 Å². The van der Waals surface area contributed by atoms with Crippen LogP contribution < -0.4 is 0 Å². The number of rotatable bonds is 2. The summed E-state index contributed by atoms with van der Waals surface area (Å²) in [6, 6.07) is 1.40. The third-order valence-electron chi connectivity index (χ3n) is 0.344. The van der Waals surface area contributed by atoms with Crippen LogP contribution >= 0.6 is 22.6 Å². The molecule has 0 heterocycles. The summed E-state index contributed by atoms with van der Waals surface area (Å²) in [5.41, 5.74) is 0. The van der Waals surface area contributed by atoms with Crippen LogP contribution in [0.4, 0.5) is 0 Å². The first-order valence-corrected chi connectivity index (χ1v) is 4.85. The first kappa shape index (κ1) is 5.95. The number of halogens is 1. The van der Waals surface area contributed by atoms with E-state index in [9.17, 15) is 0 Å². The number of alkyl halides is 1. The normalized spacial score (nSPS) is 8.40. The van der Waals surface area contributed by atoms with Crippen molar-refractivity contribution in [2.24, 2.45) is 0 Å². The van der Waals surface area contributed by atoms with Gasteiger partial charge in [0, 0.05) is 9.52 Å². The molecule has 0 aliphatic rings. The van der Waals surface area contributed by atoms with Gasteiger partial charge in [-0.1, -0.05) is 35.2 Å². The second-order valence-corrected chi connectivity index (χ2v) is 3.08. The highest BCUT2D eigenvalue weighted by Crippen LogP contribution is 1.84. The molecule has 0 spiro atoms. The fourth-order valence-electron chi connectivity index (χ4n) is 0.0945. The zero-order valence-electron chi connectivity index (χ0n) is 3.29. The van der Waals surface area contributed by atoms with E-state index in [1.807, 2.05) is 0 Å². The average molecular weight is 198 g/mol. The van der Waals surface area contributed by atoms with Crippen LogP contribution in [0.25, 0.3) is 0 Å². The largest absolute Gasteiger partial charge is 0.0867 e. The van der Waals surface area contributed by atoms with E-state index in [1.54, 1.807) is 0 Å². The topological polar surface area (TPSA) is 0 Å². The quantitative estimate of drug-likeness (QED) is 0.359. The van der Waals surface area contributed by atoms with Crippen LogP contribution in [0.2, 0.25) is 12.6 Å². The monoisotopic (exact) mass is 198 g/mol. The molecule has 0 aromatic rings. The van der Waals surface area contributed by atoms with Crippen molar-refractivity contribution < 1.29 is 0 Å². The van der Waals surface area contributed by atoms with Gasteiger partial charge in [0.2, 0.25) is 0 Å². The summed E-state index contributed by atoms with van der Waals surface area (Å²) in [7, 11) is 1.15. The molecule has 0 aromatic heterocycles. The lowest BCUT2D eigenvalue weighted by Crippen LogP contribution is -1.76. The van der Waals surface area contributed by atoms with Gasteiger partial charge in [-0.15, -0.1) is 0 Å². The van der Waals surface area contributed by atoms with Crippen molar-refractivity contribution >= 4 is 32.1 Å². The fraction of sp³-hybridized carbons (Fsp3) is 1.00. The van der Waals surface area contributed by atoms with Crippen molar-refractivity contribution in [1.29, 1.82) is 0 Å². The minimum Gasteiger partial charge on any atom is -0.0867 e. The van der Waals surface area contributed by atoms with Gasteiger partial charge in [0.25, 0.3) is 0 Å². The lowest BCUT2D eigenvalue weighted by molar-refractivity contribution is 1.53. The molecule has 2 radical (unpaired) electrons. The van der Waals surface area contributed by atoms with E-state index in [0.29, 0.717) is 0 Å². The summed E-state index contributed by atoms with van der Waals surface area (Å²) in [6.07, 6.45) is 0. The van der Waals surface area contributed by atoms with Gasteiger partial charge in [-0.2, -0.15) is 0 Å². The highest BCUT2D eigenvalue weighted by molar-refractivity contribution is 14.1. The van der Waals surface area contributed by atoms with Gasteiger partial charge in [-0.05, 0) is 4.43 Å². The Morgan fingerprint density at radius 3 is 2.40 bits per heavy atom. The van der Waals surface area contributed by atoms with Crippen LogP contribution in [0.3, 0.4) is 0 Å². The summed E-state index contributed by atoms with van der Waals surface area (Å²) in [5, 5.41) is 0. The van der Waals surface area contributed by atoms with Crippen LogP contribution in [0.1, 0.15) is 0 Å². The van der Waals surface area contributed by atoms with Gasteiger partial charge in [-0.25, -0.2) is 0 Å². The lowest BCUT2D eigenvalue weighted by Gasteiger charge is -1.75. The average Bonchev–Trinajstić information content (AvgIpc) is 1.41. The maximum Gasteiger partial charge on any atom is 0.0350 e. The molecule has 0 saturated carbocycles. The molecule has 0 aromatic carbocycles. The van der Waals surface area contributed by atoms with Crippen LogP contribution in [0.15, 0.2) is 0 Å². The summed E-state index contributed by atoms with van der Waals surface area (Å²) in [5.74, 6) is 0. The highest BCUT2D eigenvalue weighted by atomic mass is 127. The molecule has 0 atom stereocenters. The standard InChI is InChI=1S/C3H7ISi/c1-5-3-2-4/h2-3H2,1H3. The van der Waals surface area contributed by atoms with Gasteiger partial charge >= 0.3 is 0 Å². The molecule has 30 valence electrons. The smallest absolute Gasteiger partial charge is 0.0350 e. The van der Waals surface area contributed by atoms with Crippen molar-refractivity contribution in [3.63, 3.8) is 0 Å². The predicted octanol–water partition coefficient (Wildman–Crippen LogP) is 1.59. The SMILES string of the molecule is C[Si]CCI. The summed E-state index contributed by atoms with van der Waals surface area (Å²) >= 11 is 2.39. The molecule has 0 saturated heterocycles. The summed E-state index contributed by atoms with van der Waals surface area (Å²) in [6.45, 7) is 2.23. The van der Waals surface area contributed by atoms with Gasteiger partial charge in [0.05, 0.1) is 0 Å². The number of hydrogen-bond acceptors (Lipinski definition) is 0. The maximum absolute atomic E-state index is 2.39. The molecule has 0 aliphatic heterocycles. The molecular weight excluding hydrogens is 191 g/mol. The third-order valence-corrected chi connectivity index (χ3v) is 2.65. The van der Waals surface area contributed by atoms with E-state index in [0.717, 1.165) is 9.52 Å². The van der Waals surface area contributed by atoms with Crippen molar-refractivity contribution in [2.45, 2.75) is 12.6 Å². The summed E-state index contributed by atoms with van der Waals surface area (Å²) in [4.78, 5) is 0. The third kappa shape index (κ3) is 4.95. The maximum atomic E-state index is 2.39. The Kier molecular flexibility index (Phi) is 5.88. The van der Waals surface area contributed by atoms with Crippen LogP contribution in [0.5, 0.6) is 0 Å². The van der Waals surface area contributed by atoms with E-state index in [4.69, 9.17) is 0 Å². The van der Waals surface area contributed by atoms with E-state index >= 15 is 0 Å². The van der Waals surface area contributed by atoms with Crippen molar-refractivity contribution in [1.82, 2.24) is 0 Å². The lowest BCUT2D eigenvalue weighted by atomic mass is 11.0. The van der Waals surface area contributed by atoms with Crippen molar-refractivity contribution in [2.75, 3.05) is 4.43 Å². The highest BCUT2D eigenvalue weighted by Gasteiger charge is 1.71. The molecule has 0 nitrogen and oxygen atoms in total. The van der Waals surface area contributed by atoms with Crippen molar-refractivity contribution in [3.8, 4) is 0 Å². The molecule has 0 amide bonds. The van der Waals surface area contributed by atoms with Gasteiger partial charge in [-0.3, -0.25) is 0 Å². The molecule has 5 heavy (non-hydrogen) atoms. The second-order valence-electron chi connectivity index (χ2n) is 0.793. The molecule has 0 fully saturated rings. The Labute approximate surface area is 49.3 Å². The van der Waals surface area contributed by atoms with Gasteiger partial charge < -0.3 is 0 Å². The van der Waals surface area contributed by atoms with E-state index in [2.05, 4.69) is 29.1 Å². The molecular formula is C3H7ISi. The Morgan fingerprint density at radius 1 is 1.80 bits per heavy atom. The minimum atomic E-state index is 1.15. The first-order chi connectivity index (χ1) is 2.41.